The third-order valence-corrected chi connectivity index (χ3v) is 6.29. The van der Waals surface area contributed by atoms with Crippen LogP contribution in [0.25, 0.3) is 10.9 Å². The number of hydrogen-bond acceptors (Lipinski definition) is 6. The minimum atomic E-state index is -1.82. The fraction of sp³-hybridized carbons (Fsp3) is 0.542. The van der Waals surface area contributed by atoms with Gasteiger partial charge in [-0.25, -0.2) is 9.59 Å². The summed E-state index contributed by atoms with van der Waals surface area (Å²) in [6.07, 6.45) is 12.4. The van der Waals surface area contributed by atoms with Gasteiger partial charge in [0.25, 0.3) is 0 Å². The van der Waals surface area contributed by atoms with Gasteiger partial charge in [-0.2, -0.15) is 5.10 Å². The van der Waals surface area contributed by atoms with Crippen molar-refractivity contribution in [2.24, 2.45) is 5.92 Å². The molecule has 9 heteroatoms. The molecule has 0 radical (unpaired) electrons. The normalized spacial score (nSPS) is 22.8. The summed E-state index contributed by atoms with van der Waals surface area (Å²) in [6.45, 7) is 4.80. The number of carboxylic acids is 2. The predicted octanol–water partition coefficient (Wildman–Crippen LogP) is 2.48. The summed E-state index contributed by atoms with van der Waals surface area (Å²) in [7, 11) is 1.71. The van der Waals surface area contributed by atoms with E-state index in [9.17, 15) is 0 Å². The number of carbonyl (C=O) groups is 2. The van der Waals surface area contributed by atoms with Crippen molar-refractivity contribution in [1.29, 1.82) is 0 Å². The molecule has 4 atom stereocenters. The first-order valence-electron chi connectivity index (χ1n) is 11.1. The van der Waals surface area contributed by atoms with Crippen LogP contribution in [-0.4, -0.2) is 75.3 Å². The number of methoxy groups -OCH3 is 1. The number of piperidine rings is 1. The van der Waals surface area contributed by atoms with Gasteiger partial charge in [-0.15, -0.1) is 6.42 Å². The first kappa shape index (κ1) is 24.6. The minimum Gasteiger partial charge on any atom is -0.497 e. The third kappa shape index (κ3) is 6.24. The second-order valence-corrected chi connectivity index (χ2v) is 8.66. The highest BCUT2D eigenvalue weighted by Crippen LogP contribution is 2.37. The molecule has 2 aromatic rings. The maximum absolute atomic E-state index is 9.10. The van der Waals surface area contributed by atoms with Gasteiger partial charge in [0.1, 0.15) is 12.4 Å². The molecule has 9 nitrogen and oxygen atoms in total. The number of benzene rings is 1. The molecule has 1 unspecified atom stereocenters. The smallest absolute Gasteiger partial charge is 0.414 e. The van der Waals surface area contributed by atoms with Gasteiger partial charge in [-0.1, -0.05) is 12.8 Å². The summed E-state index contributed by atoms with van der Waals surface area (Å²) in [4.78, 5) is 20.9. The molecular weight excluding hydrogens is 426 g/mol. The molecule has 2 bridgehead atoms. The number of rotatable bonds is 7. The molecule has 178 valence electrons. The predicted molar refractivity (Wildman–Crippen MR) is 122 cm³/mol. The Labute approximate surface area is 193 Å². The minimum absolute atomic E-state index is 0.340. The van der Waals surface area contributed by atoms with Crippen LogP contribution in [0, 0.1) is 18.3 Å². The summed E-state index contributed by atoms with van der Waals surface area (Å²) in [6, 6.07) is 7.42. The molecule has 3 heterocycles. The number of terminal acetylenes is 1. The van der Waals surface area contributed by atoms with Crippen molar-refractivity contribution in [2.45, 2.75) is 57.3 Å². The van der Waals surface area contributed by atoms with Gasteiger partial charge in [0.15, 0.2) is 0 Å². The van der Waals surface area contributed by atoms with Gasteiger partial charge in [-0.05, 0) is 43.7 Å². The lowest BCUT2D eigenvalue weighted by molar-refractivity contribution is -0.159. The summed E-state index contributed by atoms with van der Waals surface area (Å²) in [5, 5.41) is 20.6. The number of carboxylic acid groups (broad SMARTS) is 2. The fourth-order valence-corrected chi connectivity index (χ4v) is 4.86. The van der Waals surface area contributed by atoms with E-state index in [1.54, 1.807) is 7.11 Å². The molecule has 2 aliphatic heterocycles. The molecule has 1 aromatic heterocycles. The largest absolute Gasteiger partial charge is 0.497 e. The van der Waals surface area contributed by atoms with Crippen molar-refractivity contribution < 1.29 is 29.3 Å². The van der Waals surface area contributed by atoms with Gasteiger partial charge in [0.05, 0.1) is 24.9 Å². The maximum atomic E-state index is 9.10. The van der Waals surface area contributed by atoms with E-state index in [4.69, 9.17) is 35.7 Å². The Hall–Kier alpha value is -3.09. The van der Waals surface area contributed by atoms with Crippen molar-refractivity contribution >= 4 is 22.8 Å². The molecular formula is C24H31N3O6. The zero-order chi connectivity index (χ0) is 24.0. The van der Waals surface area contributed by atoms with E-state index in [0.29, 0.717) is 30.7 Å². The van der Waals surface area contributed by atoms with Crippen LogP contribution in [0.1, 0.15) is 32.6 Å². The summed E-state index contributed by atoms with van der Waals surface area (Å²) < 4.78 is 13.3. The van der Waals surface area contributed by atoms with Crippen LogP contribution in [0.4, 0.5) is 0 Å². The zero-order valence-corrected chi connectivity index (χ0v) is 19.0. The van der Waals surface area contributed by atoms with Crippen LogP contribution in [-0.2, 0) is 20.9 Å². The first-order valence-corrected chi connectivity index (χ1v) is 11.1. The quantitative estimate of drug-likeness (QED) is 0.482. The van der Waals surface area contributed by atoms with Gasteiger partial charge in [0, 0.05) is 36.6 Å². The number of ether oxygens (including phenoxy) is 2. The van der Waals surface area contributed by atoms with Gasteiger partial charge >= 0.3 is 11.9 Å². The van der Waals surface area contributed by atoms with Gasteiger partial charge in [0.2, 0.25) is 0 Å². The Morgan fingerprint density at radius 2 is 1.88 bits per heavy atom. The second kappa shape index (κ2) is 11.2. The van der Waals surface area contributed by atoms with E-state index in [1.807, 2.05) is 12.3 Å². The summed E-state index contributed by atoms with van der Waals surface area (Å²) >= 11 is 0. The van der Waals surface area contributed by atoms with Crippen molar-refractivity contribution in [1.82, 2.24) is 14.7 Å². The lowest BCUT2D eigenvalue weighted by Gasteiger charge is -2.40. The molecule has 4 rings (SSSR count). The molecule has 2 saturated heterocycles. The topological polar surface area (TPSA) is 114 Å². The average Bonchev–Trinajstić information content (AvgIpc) is 3.28. The Morgan fingerprint density at radius 3 is 2.45 bits per heavy atom. The van der Waals surface area contributed by atoms with Gasteiger partial charge < -0.3 is 19.7 Å². The van der Waals surface area contributed by atoms with Crippen LogP contribution < -0.4 is 4.74 Å². The molecule has 0 aliphatic carbocycles. The number of hydrogen-bond donors (Lipinski definition) is 2. The Bertz CT molecular complexity index is 987. The lowest BCUT2D eigenvalue weighted by Crippen LogP contribution is -2.47. The maximum Gasteiger partial charge on any atom is 0.414 e. The van der Waals surface area contributed by atoms with E-state index in [1.165, 1.54) is 12.8 Å². The number of fused-ring (bicyclic) bond motifs is 3. The molecule has 2 fully saturated rings. The van der Waals surface area contributed by atoms with E-state index in [0.717, 1.165) is 42.6 Å². The van der Waals surface area contributed by atoms with Crippen LogP contribution in [0.2, 0.25) is 0 Å². The van der Waals surface area contributed by atoms with Crippen molar-refractivity contribution in [3.05, 3.63) is 24.4 Å². The molecule has 2 N–H and O–H groups in total. The average molecular weight is 458 g/mol. The van der Waals surface area contributed by atoms with Crippen LogP contribution >= 0.6 is 0 Å². The molecule has 1 aromatic carbocycles. The van der Waals surface area contributed by atoms with Crippen LogP contribution in [0.5, 0.6) is 5.75 Å². The van der Waals surface area contributed by atoms with E-state index in [-0.39, 0.29) is 0 Å². The monoisotopic (exact) mass is 457 g/mol. The highest BCUT2D eigenvalue weighted by molar-refractivity contribution is 6.27. The summed E-state index contributed by atoms with van der Waals surface area (Å²) in [5.41, 5.74) is 1.14. The summed E-state index contributed by atoms with van der Waals surface area (Å²) in [5.74, 6) is 0.365. The third-order valence-electron chi connectivity index (χ3n) is 6.29. The van der Waals surface area contributed by atoms with E-state index < -0.39 is 11.9 Å². The Kier molecular flexibility index (Phi) is 8.31. The fourth-order valence-electron chi connectivity index (χ4n) is 4.86. The Morgan fingerprint density at radius 1 is 1.21 bits per heavy atom. The van der Waals surface area contributed by atoms with E-state index in [2.05, 4.69) is 39.7 Å². The molecule has 2 aliphatic rings. The van der Waals surface area contributed by atoms with Crippen molar-refractivity contribution in [2.75, 3.05) is 20.3 Å². The number of nitrogens with zero attached hydrogens (tertiary/aromatic N) is 3. The molecule has 33 heavy (non-hydrogen) atoms. The Balaban J connectivity index is 0.000000454. The highest BCUT2D eigenvalue weighted by atomic mass is 16.5. The van der Waals surface area contributed by atoms with Crippen LogP contribution in [0.3, 0.4) is 0 Å². The standard InChI is InChI=1S/C22H29N3O2.C2H2O4/c1-4-9-27-21-10-18-6-7-19(11-21)24(18)14-16(2)15-25-22-12-20(26-3)8-5-17(22)13-23-25;3-1(4)2(5)6/h1,5,8,12-13,16,18-19,21H,6-7,9-11,14-15H2,2-3H3;(H,3,4)(H,5,6)/t16-,18-,19+,21?;/m1./s1. The number of aliphatic carboxylic acids is 2. The van der Waals surface area contributed by atoms with Crippen molar-refractivity contribution in [3.8, 4) is 18.1 Å². The molecule has 0 spiro atoms. The van der Waals surface area contributed by atoms with Crippen LogP contribution in [0.15, 0.2) is 24.4 Å². The SMILES string of the molecule is C#CCOC1C[C@H]2CC[C@@H](C1)N2C[C@@H](C)Cn1ncc2ccc(OC)cc21.O=C(O)C(=O)O. The zero-order valence-electron chi connectivity index (χ0n) is 19.0. The van der Waals surface area contributed by atoms with Gasteiger partial charge in [-0.3, -0.25) is 9.58 Å². The molecule has 0 amide bonds. The van der Waals surface area contributed by atoms with E-state index >= 15 is 0 Å². The van der Waals surface area contributed by atoms with Crippen molar-refractivity contribution in [3.63, 3.8) is 0 Å². The molecule has 0 saturated carbocycles. The number of aromatic nitrogens is 2. The lowest BCUT2D eigenvalue weighted by atomic mass is 9.98. The first-order chi connectivity index (χ1) is 15.8. The second-order valence-electron chi connectivity index (χ2n) is 8.66. The highest BCUT2D eigenvalue weighted by Gasteiger charge is 2.41.